The molecule has 3 aromatic carbocycles. The SMILES string of the molecule is CCOc1ccc2nc(N3C(=O)C(=O)C(=C(O)c4ccccc4)C3c3cccc(OC)c3OC)sc2c1. The van der Waals surface area contributed by atoms with Gasteiger partial charge in [0.2, 0.25) is 0 Å². The van der Waals surface area contributed by atoms with Crippen LogP contribution in [-0.2, 0) is 9.59 Å². The molecule has 1 fully saturated rings. The third-order valence-electron chi connectivity index (χ3n) is 6.09. The third kappa shape index (κ3) is 4.17. The topological polar surface area (TPSA) is 98.2 Å². The fraction of sp³-hybridized carbons (Fsp3) is 0.179. The van der Waals surface area contributed by atoms with Gasteiger partial charge in [0, 0.05) is 11.1 Å². The highest BCUT2D eigenvalue weighted by molar-refractivity contribution is 7.22. The Balaban J connectivity index is 1.75. The van der Waals surface area contributed by atoms with Crippen molar-refractivity contribution >= 4 is 44.1 Å². The first-order valence-corrected chi connectivity index (χ1v) is 12.4. The molecule has 5 rings (SSSR count). The number of ether oxygens (including phenoxy) is 3. The highest BCUT2D eigenvalue weighted by Crippen LogP contribution is 2.48. The zero-order valence-electron chi connectivity index (χ0n) is 20.4. The van der Waals surface area contributed by atoms with E-state index in [0.717, 1.165) is 4.70 Å². The van der Waals surface area contributed by atoms with E-state index in [0.29, 0.717) is 45.6 Å². The number of Topliss-reactive ketones (excluding diaryl/α,β-unsaturated/α-hetero) is 1. The number of para-hydroxylation sites is 1. The number of carbonyl (C=O) groups excluding carboxylic acids is 2. The van der Waals surface area contributed by atoms with Crippen LogP contribution in [0.2, 0.25) is 0 Å². The lowest BCUT2D eigenvalue weighted by molar-refractivity contribution is -0.132. The summed E-state index contributed by atoms with van der Waals surface area (Å²) < 4.78 is 17.5. The maximum atomic E-state index is 13.5. The number of aliphatic hydroxyl groups excluding tert-OH is 1. The second-order valence-electron chi connectivity index (χ2n) is 8.18. The van der Waals surface area contributed by atoms with Gasteiger partial charge in [-0.3, -0.25) is 14.5 Å². The molecule has 37 heavy (non-hydrogen) atoms. The van der Waals surface area contributed by atoms with E-state index in [9.17, 15) is 14.7 Å². The first-order chi connectivity index (χ1) is 18.0. The van der Waals surface area contributed by atoms with Crippen molar-refractivity contribution < 1.29 is 28.9 Å². The van der Waals surface area contributed by atoms with Gasteiger partial charge in [0.25, 0.3) is 5.78 Å². The Bertz CT molecular complexity index is 1530. The number of nitrogens with zero attached hydrogens (tertiary/aromatic N) is 2. The zero-order valence-corrected chi connectivity index (χ0v) is 21.2. The maximum absolute atomic E-state index is 13.5. The summed E-state index contributed by atoms with van der Waals surface area (Å²) in [5.41, 5.74) is 1.49. The third-order valence-corrected chi connectivity index (χ3v) is 7.10. The Hall–Kier alpha value is -4.37. The standard InChI is InChI=1S/C28H24N2O6S/c1-4-36-17-13-14-19-21(15-17)37-28(29-19)30-23(18-11-8-12-20(34-2)26(18)35-3)22(25(32)27(30)33)24(31)16-9-6-5-7-10-16/h5-15,23,31H,4H2,1-3H3. The number of carbonyl (C=O) groups is 2. The number of methoxy groups -OCH3 is 2. The van der Waals surface area contributed by atoms with Crippen LogP contribution in [0.5, 0.6) is 17.2 Å². The molecule has 1 unspecified atom stereocenters. The fourth-order valence-electron chi connectivity index (χ4n) is 4.46. The van der Waals surface area contributed by atoms with Crippen LogP contribution in [0.3, 0.4) is 0 Å². The van der Waals surface area contributed by atoms with Gasteiger partial charge in [-0.05, 0) is 31.2 Å². The molecule has 0 saturated carbocycles. The molecule has 0 radical (unpaired) electrons. The Labute approximate surface area is 217 Å². The summed E-state index contributed by atoms with van der Waals surface area (Å²) >= 11 is 1.26. The lowest BCUT2D eigenvalue weighted by Crippen LogP contribution is -2.29. The number of rotatable bonds is 7. The minimum Gasteiger partial charge on any atom is -0.507 e. The van der Waals surface area contributed by atoms with E-state index < -0.39 is 17.7 Å². The van der Waals surface area contributed by atoms with Gasteiger partial charge in [0.05, 0.1) is 36.6 Å². The number of aromatic nitrogens is 1. The molecule has 8 nitrogen and oxygen atoms in total. The van der Waals surface area contributed by atoms with Gasteiger partial charge in [-0.2, -0.15) is 0 Å². The second kappa shape index (κ2) is 9.94. The number of benzene rings is 3. The smallest absolute Gasteiger partial charge is 0.301 e. The summed E-state index contributed by atoms with van der Waals surface area (Å²) in [5, 5.41) is 11.6. The molecule has 1 atom stereocenters. The number of hydrogen-bond donors (Lipinski definition) is 1. The Morgan fingerprint density at radius 1 is 1.03 bits per heavy atom. The Kier molecular flexibility index (Phi) is 6.54. The zero-order chi connectivity index (χ0) is 26.1. The van der Waals surface area contributed by atoms with Crippen LogP contribution in [0.25, 0.3) is 16.0 Å². The van der Waals surface area contributed by atoms with Crippen LogP contribution in [0.1, 0.15) is 24.1 Å². The van der Waals surface area contributed by atoms with Crippen molar-refractivity contribution in [2.75, 3.05) is 25.7 Å². The van der Waals surface area contributed by atoms with E-state index in [1.807, 2.05) is 19.1 Å². The predicted molar refractivity (Wildman–Crippen MR) is 142 cm³/mol. The predicted octanol–water partition coefficient (Wildman–Crippen LogP) is 5.34. The normalized spacial score (nSPS) is 16.8. The molecular weight excluding hydrogens is 492 g/mol. The average Bonchev–Trinajstić information content (AvgIpc) is 3.46. The molecule has 1 amide bonds. The quantitative estimate of drug-likeness (QED) is 0.201. The first kappa shape index (κ1) is 24.3. The van der Waals surface area contributed by atoms with E-state index >= 15 is 0 Å². The van der Waals surface area contributed by atoms with Crippen molar-refractivity contribution in [3.8, 4) is 17.2 Å². The summed E-state index contributed by atoms with van der Waals surface area (Å²) in [7, 11) is 2.99. The van der Waals surface area contributed by atoms with Crippen molar-refractivity contribution in [1.82, 2.24) is 4.98 Å². The summed E-state index contributed by atoms with van der Waals surface area (Å²) in [6, 6.07) is 18.3. The van der Waals surface area contributed by atoms with Gasteiger partial charge >= 0.3 is 5.91 Å². The number of ketones is 1. The van der Waals surface area contributed by atoms with E-state index in [4.69, 9.17) is 14.2 Å². The van der Waals surface area contributed by atoms with Gasteiger partial charge < -0.3 is 19.3 Å². The van der Waals surface area contributed by atoms with Crippen LogP contribution in [-0.4, -0.2) is 42.6 Å². The van der Waals surface area contributed by atoms with E-state index in [1.54, 1.807) is 54.6 Å². The van der Waals surface area contributed by atoms with Crippen molar-refractivity contribution in [3.63, 3.8) is 0 Å². The molecule has 1 aromatic heterocycles. The summed E-state index contributed by atoms with van der Waals surface area (Å²) in [5.74, 6) is -0.433. The molecule has 4 aromatic rings. The molecule has 0 aliphatic carbocycles. The van der Waals surface area contributed by atoms with Crippen molar-refractivity contribution in [3.05, 3.63) is 83.4 Å². The summed E-state index contributed by atoms with van der Waals surface area (Å²) in [4.78, 5) is 33.0. The molecule has 1 aliphatic rings. The van der Waals surface area contributed by atoms with E-state index in [-0.39, 0.29) is 11.3 Å². The number of amides is 1. The molecule has 1 N–H and O–H groups in total. The number of hydrogen-bond acceptors (Lipinski definition) is 8. The van der Waals surface area contributed by atoms with Crippen LogP contribution in [0.4, 0.5) is 5.13 Å². The van der Waals surface area contributed by atoms with Gasteiger partial charge in [-0.15, -0.1) is 0 Å². The number of anilines is 1. The lowest BCUT2D eigenvalue weighted by Gasteiger charge is -2.25. The van der Waals surface area contributed by atoms with Gasteiger partial charge in [0.1, 0.15) is 17.6 Å². The van der Waals surface area contributed by atoms with Crippen molar-refractivity contribution in [2.24, 2.45) is 0 Å². The molecule has 0 spiro atoms. The Morgan fingerprint density at radius 3 is 2.51 bits per heavy atom. The minimum atomic E-state index is -1.00. The molecule has 1 saturated heterocycles. The molecule has 1 aliphatic heterocycles. The van der Waals surface area contributed by atoms with Crippen LogP contribution >= 0.6 is 11.3 Å². The van der Waals surface area contributed by atoms with Crippen LogP contribution in [0, 0.1) is 0 Å². The fourth-order valence-corrected chi connectivity index (χ4v) is 5.48. The van der Waals surface area contributed by atoms with Crippen LogP contribution < -0.4 is 19.1 Å². The largest absolute Gasteiger partial charge is 0.507 e. The van der Waals surface area contributed by atoms with Crippen LogP contribution in [0.15, 0.2) is 72.3 Å². The van der Waals surface area contributed by atoms with Gasteiger partial charge in [-0.1, -0.05) is 53.8 Å². The molecule has 0 bridgehead atoms. The highest BCUT2D eigenvalue weighted by Gasteiger charge is 2.49. The molecule has 188 valence electrons. The second-order valence-corrected chi connectivity index (χ2v) is 9.19. The maximum Gasteiger partial charge on any atom is 0.301 e. The van der Waals surface area contributed by atoms with Gasteiger partial charge in [0.15, 0.2) is 16.6 Å². The van der Waals surface area contributed by atoms with Gasteiger partial charge in [-0.25, -0.2) is 4.98 Å². The van der Waals surface area contributed by atoms with E-state index in [1.165, 1.54) is 30.5 Å². The average molecular weight is 517 g/mol. The molecular formula is C28H24N2O6S. The summed E-state index contributed by atoms with van der Waals surface area (Å²) in [6.45, 7) is 2.41. The molecule has 2 heterocycles. The minimum absolute atomic E-state index is 0.0583. The van der Waals surface area contributed by atoms with E-state index in [2.05, 4.69) is 4.98 Å². The van der Waals surface area contributed by atoms with Crippen molar-refractivity contribution in [2.45, 2.75) is 13.0 Å². The number of fused-ring (bicyclic) bond motifs is 1. The monoisotopic (exact) mass is 516 g/mol. The lowest BCUT2D eigenvalue weighted by atomic mass is 9.94. The molecule has 9 heteroatoms. The highest BCUT2D eigenvalue weighted by atomic mass is 32.1. The first-order valence-electron chi connectivity index (χ1n) is 11.6. The summed E-state index contributed by atoms with van der Waals surface area (Å²) in [6.07, 6.45) is 0. The Morgan fingerprint density at radius 2 is 1.81 bits per heavy atom. The van der Waals surface area contributed by atoms with Crippen molar-refractivity contribution in [1.29, 1.82) is 0 Å². The number of thiazole rings is 1. The number of aliphatic hydroxyl groups is 1.